The summed E-state index contributed by atoms with van der Waals surface area (Å²) in [4.78, 5) is 37.1. The van der Waals surface area contributed by atoms with Crippen LogP contribution in [0.2, 0.25) is 0 Å². The molecule has 0 radical (unpaired) electrons. The molecule has 2 rings (SSSR count). The maximum Gasteiger partial charge on any atom is 0.268 e. The van der Waals surface area contributed by atoms with Crippen LogP contribution in [0.4, 0.5) is 0 Å². The molecule has 0 saturated heterocycles. The van der Waals surface area contributed by atoms with Crippen LogP contribution >= 0.6 is 0 Å². The van der Waals surface area contributed by atoms with Gasteiger partial charge in [0.25, 0.3) is 11.8 Å². The van der Waals surface area contributed by atoms with Crippen molar-refractivity contribution in [1.29, 1.82) is 0 Å². The zero-order chi connectivity index (χ0) is 23.7. The van der Waals surface area contributed by atoms with Gasteiger partial charge in [0.05, 0.1) is 18.6 Å². The van der Waals surface area contributed by atoms with Gasteiger partial charge in [-0.3, -0.25) is 9.59 Å². The number of benzene rings is 2. The summed E-state index contributed by atoms with van der Waals surface area (Å²) in [6.45, 7) is 7.99. The van der Waals surface area contributed by atoms with Crippen LogP contribution in [-0.2, 0) is 9.59 Å². The smallest absolute Gasteiger partial charge is 0.268 e. The van der Waals surface area contributed by atoms with E-state index in [1.165, 1.54) is 6.08 Å². The largest absolute Gasteiger partial charge is 0.548 e. The summed E-state index contributed by atoms with van der Waals surface area (Å²) >= 11 is 0. The van der Waals surface area contributed by atoms with E-state index in [0.717, 1.165) is 5.56 Å². The Labute approximate surface area is 188 Å². The lowest BCUT2D eigenvalue weighted by molar-refractivity contribution is -0.308. The van der Waals surface area contributed by atoms with E-state index in [-0.39, 0.29) is 18.0 Å². The molecule has 32 heavy (non-hydrogen) atoms. The zero-order valence-corrected chi connectivity index (χ0v) is 18.8. The average molecular weight is 438 g/mol. The maximum absolute atomic E-state index is 12.9. The third-order valence-electron chi connectivity index (χ3n) is 4.61. The van der Waals surface area contributed by atoms with E-state index in [9.17, 15) is 19.5 Å². The fourth-order valence-corrected chi connectivity index (χ4v) is 2.97. The van der Waals surface area contributed by atoms with E-state index in [1.807, 2.05) is 27.7 Å². The Bertz CT molecular complexity index is 963. The van der Waals surface area contributed by atoms with E-state index < -0.39 is 23.8 Å². The third-order valence-corrected chi connectivity index (χ3v) is 4.61. The van der Waals surface area contributed by atoms with Crippen LogP contribution in [0.25, 0.3) is 6.08 Å². The number of carbonyl (C=O) groups excluding carboxylic acids is 3. The molecule has 2 aromatic carbocycles. The van der Waals surface area contributed by atoms with Crippen LogP contribution in [0.5, 0.6) is 5.75 Å². The Hall–Kier alpha value is -3.61. The van der Waals surface area contributed by atoms with Crippen LogP contribution < -0.4 is 20.5 Å². The van der Waals surface area contributed by atoms with Crippen LogP contribution in [0.1, 0.15) is 48.7 Å². The van der Waals surface area contributed by atoms with Crippen molar-refractivity contribution in [3.63, 3.8) is 0 Å². The van der Waals surface area contributed by atoms with E-state index in [2.05, 4.69) is 10.6 Å². The molecule has 0 unspecified atom stereocenters. The Morgan fingerprint density at radius 3 is 2.19 bits per heavy atom. The highest BCUT2D eigenvalue weighted by Gasteiger charge is 2.20. The van der Waals surface area contributed by atoms with Crippen molar-refractivity contribution >= 4 is 23.9 Å². The molecular formula is C25H29N2O5-. The lowest BCUT2D eigenvalue weighted by atomic mass is 10.0. The second-order valence-electron chi connectivity index (χ2n) is 7.85. The summed E-state index contributed by atoms with van der Waals surface area (Å²) in [5.74, 6) is -1.87. The fourth-order valence-electron chi connectivity index (χ4n) is 2.97. The summed E-state index contributed by atoms with van der Waals surface area (Å²) in [6, 6.07) is 12.7. The van der Waals surface area contributed by atoms with Crippen molar-refractivity contribution in [2.24, 2.45) is 5.92 Å². The number of hydrogen-bond acceptors (Lipinski definition) is 5. The molecule has 2 aromatic rings. The van der Waals surface area contributed by atoms with Gasteiger partial charge in [-0.25, -0.2) is 0 Å². The van der Waals surface area contributed by atoms with Gasteiger partial charge >= 0.3 is 0 Å². The first-order chi connectivity index (χ1) is 15.2. The maximum atomic E-state index is 12.9. The molecule has 2 N–H and O–H groups in total. The van der Waals surface area contributed by atoms with Crippen molar-refractivity contribution in [3.8, 4) is 5.75 Å². The Balaban J connectivity index is 2.32. The fraction of sp³-hybridized carbons (Fsp3) is 0.320. The first-order valence-corrected chi connectivity index (χ1v) is 10.5. The molecule has 0 aliphatic heterocycles. The van der Waals surface area contributed by atoms with Gasteiger partial charge in [0.1, 0.15) is 11.4 Å². The second kappa shape index (κ2) is 11.7. The number of carboxylic acid groups (broad SMARTS) is 1. The monoisotopic (exact) mass is 437 g/mol. The molecule has 7 heteroatoms. The molecule has 0 saturated carbocycles. The Morgan fingerprint density at radius 1 is 1.03 bits per heavy atom. The molecule has 0 bridgehead atoms. The Morgan fingerprint density at radius 2 is 1.66 bits per heavy atom. The SMILES string of the molecule is CCOc1ccc(/C=C(\NC(=O)c2ccc(C)cc2)C(=O)N[C@@H](CC(C)C)C(=O)[O-])cc1. The molecule has 0 aliphatic rings. The molecule has 2 amide bonds. The molecule has 0 heterocycles. The Kier molecular flexibility index (Phi) is 9.01. The van der Waals surface area contributed by atoms with Crippen molar-refractivity contribution in [2.75, 3.05) is 6.61 Å². The van der Waals surface area contributed by atoms with Gasteiger partial charge in [0.2, 0.25) is 0 Å². The minimum atomic E-state index is -1.38. The molecule has 0 fully saturated rings. The lowest BCUT2D eigenvalue weighted by Crippen LogP contribution is -2.50. The van der Waals surface area contributed by atoms with Crippen molar-refractivity contribution in [1.82, 2.24) is 10.6 Å². The van der Waals surface area contributed by atoms with Gasteiger partial charge in [-0.1, -0.05) is 43.7 Å². The van der Waals surface area contributed by atoms with Gasteiger partial charge in [0, 0.05) is 5.56 Å². The molecular weight excluding hydrogens is 408 g/mol. The number of hydrogen-bond donors (Lipinski definition) is 2. The molecule has 7 nitrogen and oxygen atoms in total. The van der Waals surface area contributed by atoms with Crippen LogP contribution in [0.3, 0.4) is 0 Å². The summed E-state index contributed by atoms with van der Waals surface area (Å²) in [6.07, 6.45) is 1.69. The van der Waals surface area contributed by atoms with Gasteiger partial charge in [-0.15, -0.1) is 0 Å². The molecule has 0 aliphatic carbocycles. The summed E-state index contributed by atoms with van der Waals surface area (Å²) in [5.41, 5.74) is 1.93. The third kappa shape index (κ3) is 7.58. The predicted molar refractivity (Wildman–Crippen MR) is 121 cm³/mol. The van der Waals surface area contributed by atoms with Crippen LogP contribution in [0, 0.1) is 12.8 Å². The number of amides is 2. The van der Waals surface area contributed by atoms with E-state index in [4.69, 9.17) is 4.74 Å². The van der Waals surface area contributed by atoms with Crippen LogP contribution in [-0.4, -0.2) is 30.4 Å². The van der Waals surface area contributed by atoms with Gasteiger partial charge in [-0.05, 0) is 62.1 Å². The van der Waals surface area contributed by atoms with E-state index in [0.29, 0.717) is 23.5 Å². The molecule has 1 atom stereocenters. The average Bonchev–Trinajstić information content (AvgIpc) is 2.74. The first-order valence-electron chi connectivity index (χ1n) is 10.5. The highest BCUT2D eigenvalue weighted by molar-refractivity contribution is 6.06. The van der Waals surface area contributed by atoms with E-state index >= 15 is 0 Å². The molecule has 0 spiro atoms. The summed E-state index contributed by atoms with van der Waals surface area (Å²) < 4.78 is 5.42. The normalized spacial score (nSPS) is 12.2. The van der Waals surface area contributed by atoms with Crippen molar-refractivity contribution < 1.29 is 24.2 Å². The topological polar surface area (TPSA) is 108 Å². The minimum Gasteiger partial charge on any atom is -0.548 e. The van der Waals surface area contributed by atoms with E-state index in [1.54, 1.807) is 48.5 Å². The number of nitrogens with one attached hydrogen (secondary N) is 2. The van der Waals surface area contributed by atoms with Crippen molar-refractivity contribution in [2.45, 2.75) is 40.2 Å². The highest BCUT2D eigenvalue weighted by Crippen LogP contribution is 2.15. The van der Waals surface area contributed by atoms with Gasteiger partial charge < -0.3 is 25.3 Å². The summed E-state index contributed by atoms with van der Waals surface area (Å²) in [5, 5.41) is 16.5. The number of carbonyl (C=O) groups is 3. The number of carboxylic acids is 1. The van der Waals surface area contributed by atoms with Gasteiger partial charge in [0.15, 0.2) is 0 Å². The van der Waals surface area contributed by atoms with Crippen LogP contribution in [0.15, 0.2) is 54.2 Å². The van der Waals surface area contributed by atoms with Gasteiger partial charge in [-0.2, -0.15) is 0 Å². The number of aryl methyl sites for hydroxylation is 1. The zero-order valence-electron chi connectivity index (χ0n) is 18.8. The summed E-state index contributed by atoms with van der Waals surface area (Å²) in [7, 11) is 0. The predicted octanol–water partition coefficient (Wildman–Crippen LogP) is 2.45. The van der Waals surface area contributed by atoms with Crippen molar-refractivity contribution in [3.05, 3.63) is 70.9 Å². The quantitative estimate of drug-likeness (QED) is 0.555. The second-order valence-corrected chi connectivity index (χ2v) is 7.85. The number of rotatable bonds is 10. The molecule has 170 valence electrons. The standard InChI is InChI=1S/C25H30N2O5/c1-5-32-20-12-8-18(9-13-20)15-21(24(29)27-22(25(30)31)14-16(2)3)26-23(28)19-10-6-17(4)7-11-19/h6-13,15-16,22H,5,14H2,1-4H3,(H,26,28)(H,27,29)(H,30,31)/p-1/b21-15-/t22-/m0/s1. The molecule has 0 aromatic heterocycles. The first kappa shape index (κ1) is 24.7. The number of aliphatic carboxylic acids is 1. The lowest BCUT2D eigenvalue weighted by Gasteiger charge is -2.22. The minimum absolute atomic E-state index is 0.0267. The number of ether oxygens (including phenoxy) is 1. The highest BCUT2D eigenvalue weighted by atomic mass is 16.5.